The van der Waals surface area contributed by atoms with Gasteiger partial charge in [0, 0.05) is 48.2 Å². The van der Waals surface area contributed by atoms with Crippen molar-refractivity contribution in [2.24, 2.45) is 11.3 Å². The molecule has 3 fully saturated rings. The molecule has 164 valence electrons. The number of alkyl halides is 3. The van der Waals surface area contributed by atoms with E-state index in [0.717, 1.165) is 51.1 Å². The van der Waals surface area contributed by atoms with E-state index in [1.807, 2.05) is 11.3 Å². The lowest BCUT2D eigenvalue weighted by Crippen LogP contribution is -2.33. The Hall–Kier alpha value is -1.98. The van der Waals surface area contributed by atoms with Crippen LogP contribution in [-0.4, -0.2) is 58.7 Å². The second-order valence-electron chi connectivity index (χ2n) is 8.11. The number of carbonyl (C=O) groups is 1. The van der Waals surface area contributed by atoms with Crippen molar-refractivity contribution in [3.05, 3.63) is 34.2 Å². The highest BCUT2D eigenvalue weighted by Crippen LogP contribution is 2.45. The van der Waals surface area contributed by atoms with Crippen LogP contribution in [0, 0.1) is 11.3 Å². The van der Waals surface area contributed by atoms with Crippen LogP contribution in [0.2, 0.25) is 0 Å². The van der Waals surface area contributed by atoms with Crippen LogP contribution < -0.4 is 0 Å². The van der Waals surface area contributed by atoms with Crippen LogP contribution >= 0.6 is 11.3 Å². The highest BCUT2D eigenvalue weighted by molar-refractivity contribution is 7.09. The van der Waals surface area contributed by atoms with Crippen molar-refractivity contribution >= 4 is 17.3 Å². The number of fused-ring (bicyclic) bond motifs is 1. The van der Waals surface area contributed by atoms with E-state index in [9.17, 15) is 13.2 Å². The van der Waals surface area contributed by atoms with Gasteiger partial charge in [-0.1, -0.05) is 6.07 Å². The topological polar surface area (TPSA) is 88.7 Å². The first kappa shape index (κ1) is 21.3. The lowest BCUT2D eigenvalue weighted by atomic mass is 9.78. The lowest BCUT2D eigenvalue weighted by molar-refractivity contribution is -0.192. The van der Waals surface area contributed by atoms with Gasteiger partial charge in [-0.15, -0.1) is 21.5 Å². The van der Waals surface area contributed by atoms with Crippen LogP contribution in [0.3, 0.4) is 0 Å². The number of hydrogen-bond acceptors (Lipinski definition) is 7. The van der Waals surface area contributed by atoms with E-state index in [2.05, 4.69) is 32.6 Å². The second-order valence-corrected chi connectivity index (χ2v) is 9.14. The summed E-state index contributed by atoms with van der Waals surface area (Å²) >= 11 is 1.84. The number of rotatable bonds is 5. The number of thiophene rings is 1. The molecule has 30 heavy (non-hydrogen) atoms. The van der Waals surface area contributed by atoms with Gasteiger partial charge >= 0.3 is 12.1 Å². The molecule has 0 unspecified atom stereocenters. The molecule has 2 atom stereocenters. The summed E-state index contributed by atoms with van der Waals surface area (Å²) in [6.07, 6.45) is -1.82. The van der Waals surface area contributed by atoms with Gasteiger partial charge in [0.25, 0.3) is 0 Å². The SMILES string of the molecule is O=C(O)C(F)(F)F.c1csc(CN2C[C@@H]3COC[C@]3(Cc3nnc(C4CC4)o3)C2)c1. The Morgan fingerprint density at radius 2 is 2.13 bits per heavy atom. The van der Waals surface area contributed by atoms with Crippen molar-refractivity contribution < 1.29 is 32.2 Å². The summed E-state index contributed by atoms with van der Waals surface area (Å²) in [5.74, 6) is 0.00944. The molecule has 11 heteroatoms. The Bertz CT molecular complexity index is 869. The number of carboxylic acids is 1. The molecule has 0 spiro atoms. The van der Waals surface area contributed by atoms with Crippen LogP contribution in [0.25, 0.3) is 0 Å². The standard InChI is InChI=1S/C17H21N3O2S.C2HF3O2/c1-2-14(23-5-1)8-20-7-13-9-21-11-17(13,10-20)6-15-18-19-16(22-15)12-3-4-12;3-2(4,5)1(6)7/h1-2,5,12-13H,3-4,6-11H2;(H,6,7)/t13-,17+;/m1./s1. The quantitative estimate of drug-likeness (QED) is 0.755. The molecule has 4 heterocycles. The van der Waals surface area contributed by atoms with Gasteiger partial charge in [-0.25, -0.2) is 4.79 Å². The molecule has 3 aliphatic rings. The number of aliphatic carboxylic acids is 1. The molecule has 2 saturated heterocycles. The summed E-state index contributed by atoms with van der Waals surface area (Å²) in [5, 5.41) is 17.8. The maximum atomic E-state index is 10.6. The van der Waals surface area contributed by atoms with Crippen molar-refractivity contribution in [3.63, 3.8) is 0 Å². The monoisotopic (exact) mass is 445 g/mol. The molecule has 5 rings (SSSR count). The van der Waals surface area contributed by atoms with E-state index >= 15 is 0 Å². The smallest absolute Gasteiger partial charge is 0.475 e. The van der Waals surface area contributed by atoms with Crippen molar-refractivity contribution in [1.29, 1.82) is 0 Å². The Morgan fingerprint density at radius 3 is 2.77 bits per heavy atom. The molecular weight excluding hydrogens is 423 g/mol. The predicted octanol–water partition coefficient (Wildman–Crippen LogP) is 3.33. The minimum Gasteiger partial charge on any atom is -0.475 e. The number of hydrogen-bond donors (Lipinski definition) is 1. The highest BCUT2D eigenvalue weighted by atomic mass is 32.1. The Morgan fingerprint density at radius 1 is 1.37 bits per heavy atom. The van der Waals surface area contributed by atoms with Crippen molar-refractivity contribution in [3.8, 4) is 0 Å². The predicted molar refractivity (Wildman–Crippen MR) is 100 cm³/mol. The average Bonchev–Trinajstić information content (AvgIpc) is 3.02. The van der Waals surface area contributed by atoms with Gasteiger partial charge in [0.2, 0.25) is 11.8 Å². The zero-order valence-corrected chi connectivity index (χ0v) is 16.9. The molecule has 2 aromatic rings. The van der Waals surface area contributed by atoms with E-state index in [1.54, 1.807) is 0 Å². The number of carboxylic acid groups (broad SMARTS) is 1. The Labute approximate surface area is 174 Å². The number of ether oxygens (including phenoxy) is 1. The van der Waals surface area contributed by atoms with E-state index in [-0.39, 0.29) is 5.41 Å². The summed E-state index contributed by atoms with van der Waals surface area (Å²) in [6, 6.07) is 4.36. The Balaban J connectivity index is 0.000000272. The fourth-order valence-corrected chi connectivity index (χ4v) is 4.82. The van der Waals surface area contributed by atoms with Gasteiger partial charge in [-0.2, -0.15) is 13.2 Å². The third-order valence-electron chi connectivity index (χ3n) is 5.71. The molecule has 1 aliphatic carbocycles. The first-order chi connectivity index (χ1) is 14.2. The van der Waals surface area contributed by atoms with Crippen LogP contribution in [0.4, 0.5) is 13.2 Å². The van der Waals surface area contributed by atoms with Crippen LogP contribution in [0.15, 0.2) is 21.9 Å². The number of likely N-dealkylation sites (tertiary alicyclic amines) is 1. The van der Waals surface area contributed by atoms with Crippen LogP contribution in [-0.2, 0) is 22.5 Å². The van der Waals surface area contributed by atoms with Crippen LogP contribution in [0.5, 0.6) is 0 Å². The molecule has 0 bridgehead atoms. The maximum absolute atomic E-state index is 10.6. The minimum absolute atomic E-state index is 0.157. The van der Waals surface area contributed by atoms with E-state index < -0.39 is 12.1 Å². The lowest BCUT2D eigenvalue weighted by Gasteiger charge is -2.25. The zero-order valence-electron chi connectivity index (χ0n) is 16.1. The summed E-state index contributed by atoms with van der Waals surface area (Å²) < 4.78 is 43.5. The van der Waals surface area contributed by atoms with E-state index in [0.29, 0.717) is 11.8 Å². The molecule has 2 aliphatic heterocycles. The van der Waals surface area contributed by atoms with Gasteiger partial charge in [-0.05, 0) is 24.3 Å². The molecule has 7 nitrogen and oxygen atoms in total. The second kappa shape index (κ2) is 8.27. The summed E-state index contributed by atoms with van der Waals surface area (Å²) in [6.45, 7) is 4.91. The molecule has 1 N–H and O–H groups in total. The maximum Gasteiger partial charge on any atom is 0.490 e. The van der Waals surface area contributed by atoms with Crippen molar-refractivity contribution in [1.82, 2.24) is 15.1 Å². The third-order valence-corrected chi connectivity index (χ3v) is 6.57. The largest absolute Gasteiger partial charge is 0.490 e. The van der Waals surface area contributed by atoms with Crippen LogP contribution in [0.1, 0.15) is 35.4 Å². The molecule has 0 amide bonds. The zero-order chi connectivity index (χ0) is 21.4. The molecule has 0 aromatic carbocycles. The summed E-state index contributed by atoms with van der Waals surface area (Å²) in [5.41, 5.74) is 0.157. The minimum atomic E-state index is -5.08. The summed E-state index contributed by atoms with van der Waals surface area (Å²) in [4.78, 5) is 12.9. The van der Waals surface area contributed by atoms with Gasteiger partial charge in [0.1, 0.15) is 0 Å². The van der Waals surface area contributed by atoms with Crippen molar-refractivity contribution in [2.45, 2.75) is 37.9 Å². The van der Waals surface area contributed by atoms with E-state index in [4.69, 9.17) is 19.1 Å². The molecular formula is C19H22F3N3O4S. The summed E-state index contributed by atoms with van der Waals surface area (Å²) in [7, 11) is 0. The molecule has 1 saturated carbocycles. The normalized spacial score (nSPS) is 26.3. The number of nitrogens with zero attached hydrogens (tertiary/aromatic N) is 3. The van der Waals surface area contributed by atoms with Gasteiger partial charge in [0.05, 0.1) is 13.2 Å². The first-order valence-corrected chi connectivity index (χ1v) is 10.6. The van der Waals surface area contributed by atoms with E-state index in [1.165, 1.54) is 17.7 Å². The molecule has 0 radical (unpaired) electrons. The fourth-order valence-electron chi connectivity index (χ4n) is 4.07. The number of halogens is 3. The van der Waals surface area contributed by atoms with Gasteiger partial charge in [0.15, 0.2) is 0 Å². The van der Waals surface area contributed by atoms with Crippen molar-refractivity contribution in [2.75, 3.05) is 26.3 Å². The first-order valence-electron chi connectivity index (χ1n) is 9.70. The fraction of sp³-hybridized carbons (Fsp3) is 0.632. The van der Waals surface area contributed by atoms with Gasteiger partial charge < -0.3 is 14.3 Å². The Kier molecular flexibility index (Phi) is 5.86. The number of aromatic nitrogens is 2. The third kappa shape index (κ3) is 4.84. The molecule has 2 aromatic heterocycles. The van der Waals surface area contributed by atoms with Gasteiger partial charge in [-0.3, -0.25) is 4.90 Å². The highest BCUT2D eigenvalue weighted by Gasteiger charge is 2.51. The average molecular weight is 445 g/mol.